The molecule has 0 radical (unpaired) electrons. The second-order valence-corrected chi connectivity index (χ2v) is 4.14. The molecular formula is C11H13F2N3O3. The molecule has 0 atom stereocenters. The van der Waals surface area contributed by atoms with Crippen LogP contribution in [0.25, 0.3) is 0 Å². The average molecular weight is 273 g/mol. The van der Waals surface area contributed by atoms with Crippen molar-refractivity contribution in [2.45, 2.75) is 5.92 Å². The fourth-order valence-electron chi connectivity index (χ4n) is 1.58. The number of amides is 1. The Labute approximate surface area is 107 Å². The molecule has 0 aromatic heterocycles. The van der Waals surface area contributed by atoms with Crippen LogP contribution in [0.4, 0.5) is 25.8 Å². The minimum Gasteiger partial charge on any atom is -0.482 e. The molecule has 19 heavy (non-hydrogen) atoms. The number of alkyl halides is 2. The van der Waals surface area contributed by atoms with Crippen LogP contribution in [0.1, 0.15) is 0 Å². The third kappa shape index (κ3) is 3.02. The van der Waals surface area contributed by atoms with Gasteiger partial charge in [0.15, 0.2) is 6.61 Å². The van der Waals surface area contributed by atoms with E-state index >= 15 is 0 Å². The van der Waals surface area contributed by atoms with E-state index in [0.717, 1.165) is 0 Å². The van der Waals surface area contributed by atoms with E-state index < -0.39 is 19.1 Å². The van der Waals surface area contributed by atoms with Crippen LogP contribution >= 0.6 is 0 Å². The van der Waals surface area contributed by atoms with Crippen LogP contribution in [0.3, 0.4) is 0 Å². The molecular weight excluding hydrogens is 260 g/mol. The Morgan fingerprint density at radius 2 is 2.26 bits per heavy atom. The Balaban J connectivity index is 2.18. The monoisotopic (exact) mass is 273 g/mol. The number of nitrogens with two attached hydrogens (primary N) is 1. The van der Waals surface area contributed by atoms with Crippen LogP contribution < -0.4 is 21.1 Å². The summed E-state index contributed by atoms with van der Waals surface area (Å²) in [5, 5.41) is 13.4. The highest BCUT2D eigenvalue weighted by Gasteiger charge is 2.28. The summed E-state index contributed by atoms with van der Waals surface area (Å²) in [6.07, 6.45) is 0. The minimum atomic E-state index is -3.25. The largest absolute Gasteiger partial charge is 0.482 e. The predicted molar refractivity (Wildman–Crippen MR) is 65.5 cm³/mol. The first-order valence-corrected chi connectivity index (χ1v) is 5.50. The third-order valence-corrected chi connectivity index (χ3v) is 2.55. The van der Waals surface area contributed by atoms with Gasteiger partial charge in [0.25, 0.3) is 11.8 Å². The number of aliphatic hydroxyl groups excluding tert-OH is 1. The zero-order valence-corrected chi connectivity index (χ0v) is 9.87. The molecule has 0 bridgehead atoms. The first-order valence-electron chi connectivity index (χ1n) is 5.50. The van der Waals surface area contributed by atoms with Crippen LogP contribution in [0, 0.1) is 0 Å². The van der Waals surface area contributed by atoms with E-state index in [1.54, 1.807) is 0 Å². The number of carbonyl (C=O) groups excluding carboxylic acids is 1. The van der Waals surface area contributed by atoms with Crippen LogP contribution in [0.5, 0.6) is 5.75 Å². The lowest BCUT2D eigenvalue weighted by molar-refractivity contribution is -0.118. The fourth-order valence-corrected chi connectivity index (χ4v) is 1.58. The molecule has 1 amide bonds. The maximum absolute atomic E-state index is 12.9. The highest BCUT2D eigenvalue weighted by Crippen LogP contribution is 2.35. The van der Waals surface area contributed by atoms with Crippen molar-refractivity contribution >= 4 is 23.0 Å². The van der Waals surface area contributed by atoms with Gasteiger partial charge < -0.3 is 26.2 Å². The summed E-state index contributed by atoms with van der Waals surface area (Å²) in [6.45, 7) is -2.13. The number of benzene rings is 1. The minimum absolute atomic E-state index is 0.109. The lowest BCUT2D eigenvalue weighted by Crippen LogP contribution is -2.31. The SMILES string of the molecule is Nc1cc2c(cc1NCC(F)(F)CO)NC(=O)CO2. The number of fused-ring (bicyclic) bond motifs is 1. The highest BCUT2D eigenvalue weighted by atomic mass is 19.3. The summed E-state index contributed by atoms with van der Waals surface area (Å²) < 4.78 is 31.0. The predicted octanol–water partition coefficient (Wildman–Crippen LogP) is 0.639. The molecule has 2 rings (SSSR count). The van der Waals surface area contributed by atoms with Gasteiger partial charge in [-0.2, -0.15) is 0 Å². The number of aliphatic hydroxyl groups is 1. The Kier molecular flexibility index (Phi) is 3.43. The van der Waals surface area contributed by atoms with Gasteiger partial charge >= 0.3 is 0 Å². The van der Waals surface area contributed by atoms with Crippen LogP contribution in [-0.4, -0.2) is 36.7 Å². The molecule has 1 aliphatic heterocycles. The Hall–Kier alpha value is -2.09. The summed E-state index contributed by atoms with van der Waals surface area (Å²) in [6, 6.07) is 2.85. The van der Waals surface area contributed by atoms with Crippen molar-refractivity contribution in [1.82, 2.24) is 0 Å². The summed E-state index contributed by atoms with van der Waals surface area (Å²) >= 11 is 0. The summed E-state index contributed by atoms with van der Waals surface area (Å²) in [4.78, 5) is 11.1. The number of carbonyl (C=O) groups is 1. The second kappa shape index (κ2) is 4.88. The van der Waals surface area contributed by atoms with Gasteiger partial charge in [-0.25, -0.2) is 8.78 Å². The Morgan fingerprint density at radius 3 is 2.95 bits per heavy atom. The van der Waals surface area contributed by atoms with Gasteiger partial charge in [-0.1, -0.05) is 0 Å². The molecule has 0 unspecified atom stereocenters. The number of hydrogen-bond acceptors (Lipinski definition) is 5. The maximum atomic E-state index is 12.9. The van der Waals surface area contributed by atoms with E-state index in [0.29, 0.717) is 11.4 Å². The number of ether oxygens (including phenoxy) is 1. The van der Waals surface area contributed by atoms with E-state index in [1.807, 2.05) is 0 Å². The number of halogens is 2. The standard InChI is InChI=1S/C11H13F2N3O3/c12-11(13,5-17)4-15-7-2-8-9(1-6(7)14)19-3-10(18)16-8/h1-2,15,17H,3-5,14H2,(H,16,18). The normalized spacial score (nSPS) is 14.4. The summed E-state index contributed by atoms with van der Waals surface area (Å²) in [7, 11) is 0. The van der Waals surface area contributed by atoms with E-state index in [1.165, 1.54) is 12.1 Å². The summed E-state index contributed by atoms with van der Waals surface area (Å²) in [5.41, 5.74) is 6.49. The molecule has 104 valence electrons. The molecule has 0 fully saturated rings. The molecule has 6 nitrogen and oxygen atoms in total. The van der Waals surface area contributed by atoms with Gasteiger partial charge in [0.2, 0.25) is 0 Å². The topological polar surface area (TPSA) is 96.6 Å². The summed E-state index contributed by atoms with van der Waals surface area (Å²) in [5.74, 6) is -3.19. The van der Waals surface area contributed by atoms with Gasteiger partial charge in [0.1, 0.15) is 12.4 Å². The molecule has 0 spiro atoms. The Morgan fingerprint density at radius 1 is 1.53 bits per heavy atom. The third-order valence-electron chi connectivity index (χ3n) is 2.55. The smallest absolute Gasteiger partial charge is 0.287 e. The van der Waals surface area contributed by atoms with Crippen molar-refractivity contribution in [1.29, 1.82) is 0 Å². The van der Waals surface area contributed by atoms with Crippen molar-refractivity contribution in [3.63, 3.8) is 0 Å². The fraction of sp³-hybridized carbons (Fsp3) is 0.364. The zero-order valence-electron chi connectivity index (χ0n) is 9.87. The van der Waals surface area contributed by atoms with E-state index in [2.05, 4.69) is 10.6 Å². The zero-order chi connectivity index (χ0) is 14.0. The lowest BCUT2D eigenvalue weighted by Gasteiger charge is -2.21. The first kappa shape index (κ1) is 13.3. The van der Waals surface area contributed by atoms with Gasteiger partial charge in [0, 0.05) is 6.07 Å². The maximum Gasteiger partial charge on any atom is 0.287 e. The average Bonchev–Trinajstić information content (AvgIpc) is 2.37. The molecule has 5 N–H and O–H groups in total. The van der Waals surface area contributed by atoms with Crippen LogP contribution in [0.2, 0.25) is 0 Å². The van der Waals surface area contributed by atoms with Crippen LogP contribution in [0.15, 0.2) is 12.1 Å². The number of nitrogen functional groups attached to an aromatic ring is 1. The Bertz CT molecular complexity index is 508. The van der Waals surface area contributed by atoms with Crippen molar-refractivity contribution in [2.75, 3.05) is 36.1 Å². The van der Waals surface area contributed by atoms with E-state index in [9.17, 15) is 13.6 Å². The number of anilines is 3. The van der Waals surface area contributed by atoms with Crippen molar-refractivity contribution in [3.8, 4) is 5.75 Å². The van der Waals surface area contributed by atoms with Crippen molar-refractivity contribution < 1.29 is 23.4 Å². The lowest BCUT2D eigenvalue weighted by atomic mass is 10.2. The number of nitrogens with one attached hydrogen (secondary N) is 2. The van der Waals surface area contributed by atoms with Crippen molar-refractivity contribution in [3.05, 3.63) is 12.1 Å². The molecule has 0 saturated heterocycles. The quantitative estimate of drug-likeness (QED) is 0.604. The molecule has 1 aromatic carbocycles. The van der Waals surface area contributed by atoms with Gasteiger partial charge in [-0.3, -0.25) is 4.79 Å². The molecule has 1 aromatic rings. The number of rotatable bonds is 4. The molecule has 1 aliphatic rings. The van der Waals surface area contributed by atoms with E-state index in [4.69, 9.17) is 15.6 Å². The van der Waals surface area contributed by atoms with E-state index in [-0.39, 0.29) is 23.9 Å². The van der Waals surface area contributed by atoms with Gasteiger partial charge in [0.05, 0.1) is 23.6 Å². The van der Waals surface area contributed by atoms with Crippen molar-refractivity contribution in [2.24, 2.45) is 0 Å². The van der Waals surface area contributed by atoms with Crippen LogP contribution in [-0.2, 0) is 4.79 Å². The molecule has 0 aliphatic carbocycles. The first-order chi connectivity index (χ1) is 8.91. The molecule has 0 saturated carbocycles. The van der Waals surface area contributed by atoms with Gasteiger partial charge in [-0.05, 0) is 6.07 Å². The highest BCUT2D eigenvalue weighted by molar-refractivity contribution is 5.97. The van der Waals surface area contributed by atoms with Gasteiger partial charge in [-0.15, -0.1) is 0 Å². The second-order valence-electron chi connectivity index (χ2n) is 4.14. The number of hydrogen-bond donors (Lipinski definition) is 4. The molecule has 1 heterocycles. The molecule has 8 heteroatoms.